The molecule has 17 aromatic rings. The highest BCUT2D eigenvalue weighted by molar-refractivity contribution is 6.30. The Morgan fingerprint density at radius 2 is 0.507 bits per heavy atom. The summed E-state index contributed by atoms with van der Waals surface area (Å²) in [4.78, 5) is 0. The van der Waals surface area contributed by atoms with Gasteiger partial charge in [-0.05, 0) is 160 Å². The van der Waals surface area contributed by atoms with Gasteiger partial charge in [-0.2, -0.15) is 0 Å². The number of para-hydroxylation sites is 2. The van der Waals surface area contributed by atoms with Crippen molar-refractivity contribution in [3.63, 3.8) is 0 Å². The number of benzene rings is 14. The lowest BCUT2D eigenvalue weighted by Gasteiger charge is -2.13. The first-order valence-electron chi connectivity index (χ1n) is 25.9. The van der Waals surface area contributed by atoms with Crippen molar-refractivity contribution in [1.82, 2.24) is 9.13 Å². The zero-order valence-electron chi connectivity index (χ0n) is 40.6. The second-order valence-corrected chi connectivity index (χ2v) is 20.3. The van der Waals surface area contributed by atoms with Crippen LogP contribution in [0.15, 0.2) is 259 Å². The molecule has 0 amide bonds. The molecule has 0 unspecified atom stereocenters. The molecule has 75 heavy (non-hydrogen) atoms. The molecular formula is C72H42N2O. The quantitative estimate of drug-likeness (QED) is 0.161. The largest absolute Gasteiger partial charge is 0.455 e. The summed E-state index contributed by atoms with van der Waals surface area (Å²) in [6.45, 7) is 0. The van der Waals surface area contributed by atoms with Gasteiger partial charge in [0.15, 0.2) is 0 Å². The fourth-order valence-electron chi connectivity index (χ4n) is 13.2. The van der Waals surface area contributed by atoms with Gasteiger partial charge in [-0.1, -0.05) is 182 Å². The Kier molecular flexibility index (Phi) is 8.28. The lowest BCUT2D eigenvalue weighted by molar-refractivity contribution is 0.677. The Hall–Kier alpha value is -9.96. The molecule has 3 heteroatoms. The topological polar surface area (TPSA) is 23.0 Å². The van der Waals surface area contributed by atoms with Gasteiger partial charge < -0.3 is 13.6 Å². The average molecular weight is 951 g/mol. The van der Waals surface area contributed by atoms with E-state index in [2.05, 4.69) is 264 Å². The van der Waals surface area contributed by atoms with Crippen LogP contribution in [0.1, 0.15) is 0 Å². The Morgan fingerprint density at radius 1 is 0.200 bits per heavy atom. The molecule has 0 saturated carbocycles. The highest BCUT2D eigenvalue weighted by atomic mass is 16.3. The lowest BCUT2D eigenvalue weighted by atomic mass is 9.92. The summed E-state index contributed by atoms with van der Waals surface area (Å²) < 4.78 is 12.2. The molecule has 0 spiro atoms. The molecule has 3 nitrogen and oxygen atoms in total. The predicted molar refractivity (Wildman–Crippen MR) is 318 cm³/mol. The van der Waals surface area contributed by atoms with Crippen LogP contribution in [0, 0.1) is 0 Å². The first-order chi connectivity index (χ1) is 37.2. The summed E-state index contributed by atoms with van der Waals surface area (Å²) in [5.41, 5.74) is 13.3. The number of furan rings is 1. The van der Waals surface area contributed by atoms with Gasteiger partial charge in [0, 0.05) is 32.9 Å². The molecule has 0 saturated heterocycles. The third-order valence-corrected chi connectivity index (χ3v) is 16.4. The maximum atomic E-state index is 7.37. The van der Waals surface area contributed by atoms with Crippen LogP contribution in [-0.2, 0) is 0 Å². The number of fused-ring (bicyclic) bond motifs is 23. The van der Waals surface area contributed by atoms with E-state index >= 15 is 0 Å². The van der Waals surface area contributed by atoms with E-state index in [1.54, 1.807) is 0 Å². The van der Waals surface area contributed by atoms with E-state index in [-0.39, 0.29) is 0 Å². The predicted octanol–water partition coefficient (Wildman–Crippen LogP) is 20.0. The van der Waals surface area contributed by atoms with Crippen LogP contribution in [0.3, 0.4) is 0 Å². The van der Waals surface area contributed by atoms with Gasteiger partial charge in [0.1, 0.15) is 11.2 Å². The third kappa shape index (κ3) is 5.70. The smallest absolute Gasteiger partial charge is 0.145 e. The minimum atomic E-state index is 0.908. The first kappa shape index (κ1) is 40.6. The minimum Gasteiger partial charge on any atom is -0.455 e. The molecule has 3 heterocycles. The zero-order chi connectivity index (χ0) is 48.9. The fraction of sp³-hybridized carbons (Fsp3) is 0. The highest BCUT2D eigenvalue weighted by Gasteiger charge is 2.23. The summed E-state index contributed by atoms with van der Waals surface area (Å²) >= 11 is 0. The molecule has 0 atom stereocenters. The van der Waals surface area contributed by atoms with Crippen LogP contribution >= 0.6 is 0 Å². The van der Waals surface area contributed by atoms with E-state index < -0.39 is 0 Å². The number of aromatic nitrogens is 2. The van der Waals surface area contributed by atoms with Crippen molar-refractivity contribution < 1.29 is 4.42 Å². The van der Waals surface area contributed by atoms with Gasteiger partial charge >= 0.3 is 0 Å². The van der Waals surface area contributed by atoms with Crippen molar-refractivity contribution in [3.05, 3.63) is 255 Å². The van der Waals surface area contributed by atoms with Crippen molar-refractivity contribution >= 4 is 130 Å². The molecule has 0 N–H and O–H groups in total. The van der Waals surface area contributed by atoms with Crippen molar-refractivity contribution in [2.24, 2.45) is 0 Å². The van der Waals surface area contributed by atoms with Gasteiger partial charge in [-0.3, -0.25) is 0 Å². The van der Waals surface area contributed by atoms with E-state index in [1.807, 2.05) is 0 Å². The fourth-order valence-corrected chi connectivity index (χ4v) is 13.2. The molecule has 0 fully saturated rings. The number of rotatable bonds is 4. The molecule has 0 radical (unpaired) electrons. The maximum absolute atomic E-state index is 7.37. The van der Waals surface area contributed by atoms with Crippen molar-refractivity contribution in [1.29, 1.82) is 0 Å². The molecular weight excluding hydrogens is 909 g/mol. The molecule has 0 aliphatic carbocycles. The van der Waals surface area contributed by atoms with Crippen molar-refractivity contribution in [2.45, 2.75) is 0 Å². The van der Waals surface area contributed by atoms with E-state index in [0.717, 1.165) is 76.9 Å². The molecule has 17 rings (SSSR count). The van der Waals surface area contributed by atoms with Crippen molar-refractivity contribution in [3.8, 4) is 33.6 Å². The summed E-state index contributed by atoms with van der Waals surface area (Å²) in [6.07, 6.45) is 0. The summed E-state index contributed by atoms with van der Waals surface area (Å²) in [5.74, 6) is 0. The average Bonchev–Trinajstić information content (AvgIpc) is 4.23. The second kappa shape index (κ2) is 15.3. The Balaban J connectivity index is 0.827. The van der Waals surface area contributed by atoms with Crippen LogP contribution in [-0.4, -0.2) is 9.13 Å². The van der Waals surface area contributed by atoms with E-state index in [0.29, 0.717) is 0 Å². The Morgan fingerprint density at radius 3 is 0.893 bits per heavy atom. The normalized spacial score (nSPS) is 12.3. The molecule has 0 aliphatic heterocycles. The molecule has 14 aromatic carbocycles. The van der Waals surface area contributed by atoms with E-state index in [4.69, 9.17) is 4.42 Å². The van der Waals surface area contributed by atoms with Crippen LogP contribution in [0.25, 0.3) is 164 Å². The van der Waals surface area contributed by atoms with Crippen LogP contribution < -0.4 is 0 Å². The SMILES string of the molecule is c1cc(-c2ccc3c4ccccc4c4ccccc4c3c2)cc(-n2c3ccccc3c3c4oc5c(ccc6c5c5ccccc5n6-c5cccc(-c6ccc7c8ccccc8c8ccccc8c7c6)c5)c4ccc32)c1. The van der Waals surface area contributed by atoms with Gasteiger partial charge in [0.2, 0.25) is 0 Å². The summed E-state index contributed by atoms with van der Waals surface area (Å²) in [6, 6.07) is 93.9. The first-order valence-corrected chi connectivity index (χ1v) is 25.9. The van der Waals surface area contributed by atoms with Gasteiger partial charge in [0.25, 0.3) is 0 Å². The molecule has 0 bridgehead atoms. The number of nitrogens with zero attached hydrogens (tertiary/aromatic N) is 2. The molecule has 3 aromatic heterocycles. The summed E-state index contributed by atoms with van der Waals surface area (Å²) in [7, 11) is 0. The van der Waals surface area contributed by atoms with Crippen LogP contribution in [0.4, 0.5) is 0 Å². The molecule has 0 aliphatic rings. The second-order valence-electron chi connectivity index (χ2n) is 20.3. The van der Waals surface area contributed by atoms with E-state index in [9.17, 15) is 0 Å². The minimum absolute atomic E-state index is 0.908. The Labute approximate surface area is 429 Å². The monoisotopic (exact) mass is 950 g/mol. The van der Waals surface area contributed by atoms with Gasteiger partial charge in [-0.25, -0.2) is 0 Å². The lowest BCUT2D eigenvalue weighted by Crippen LogP contribution is -1.94. The number of hydrogen-bond donors (Lipinski definition) is 0. The summed E-state index contributed by atoms with van der Waals surface area (Å²) in [5, 5.41) is 22.1. The number of hydrogen-bond acceptors (Lipinski definition) is 1. The van der Waals surface area contributed by atoms with E-state index in [1.165, 1.54) is 86.9 Å². The van der Waals surface area contributed by atoms with Crippen LogP contribution in [0.5, 0.6) is 0 Å². The van der Waals surface area contributed by atoms with Crippen LogP contribution in [0.2, 0.25) is 0 Å². The highest BCUT2D eigenvalue weighted by Crippen LogP contribution is 2.46. The molecule has 346 valence electrons. The van der Waals surface area contributed by atoms with Gasteiger partial charge in [-0.15, -0.1) is 0 Å². The third-order valence-electron chi connectivity index (χ3n) is 16.4. The standard InChI is InChI=1S/C72H42N2O/c1-3-23-53-49(19-1)51-21-5-7-25-55(51)63-41-45(31-33-57(53)63)43-15-13-17-47(39-43)73-65-29-11-9-27-61(65)69-67(73)37-35-59-60-36-38-68-70(72(60)75-71(59)69)62-28-10-12-30-66(62)74(68)48-18-14-16-44(40-48)46-32-34-58-54-24-4-2-20-50(54)52-22-6-8-26-56(52)64(58)42-46/h1-42H. The Bertz CT molecular complexity index is 4920. The maximum Gasteiger partial charge on any atom is 0.145 e. The van der Waals surface area contributed by atoms with Crippen molar-refractivity contribution in [2.75, 3.05) is 0 Å². The van der Waals surface area contributed by atoms with Gasteiger partial charge in [0.05, 0.1) is 32.8 Å². The zero-order valence-corrected chi connectivity index (χ0v) is 40.6.